The van der Waals surface area contributed by atoms with Crippen LogP contribution in [0.2, 0.25) is 0 Å². The monoisotopic (exact) mass is 170 g/mol. The summed E-state index contributed by atoms with van der Waals surface area (Å²) in [5, 5.41) is 0.350. The van der Waals surface area contributed by atoms with E-state index in [1.54, 1.807) is 0 Å². The molecule has 0 N–H and O–H groups in total. The lowest BCUT2D eigenvalue weighted by atomic mass is 9.95. The van der Waals surface area contributed by atoms with Gasteiger partial charge >= 0.3 is 0 Å². The van der Waals surface area contributed by atoms with Gasteiger partial charge in [0.05, 0.1) is 0 Å². The maximum atomic E-state index is 4.40. The molecule has 0 aromatic carbocycles. The van der Waals surface area contributed by atoms with Crippen LogP contribution in [-0.2, 0) is 0 Å². The van der Waals surface area contributed by atoms with E-state index in [1.807, 2.05) is 6.08 Å². The Morgan fingerprint density at radius 3 is 2.36 bits per heavy atom. The summed E-state index contributed by atoms with van der Waals surface area (Å²) in [6, 6.07) is 0. The molecule has 0 aliphatic carbocycles. The second-order valence-electron chi connectivity index (χ2n) is 2.89. The first-order valence-electron chi connectivity index (χ1n) is 4.14. The van der Waals surface area contributed by atoms with Crippen LogP contribution in [0.1, 0.15) is 27.2 Å². The van der Waals surface area contributed by atoms with Crippen molar-refractivity contribution in [3.05, 3.63) is 24.3 Å². The zero-order chi connectivity index (χ0) is 8.85. The summed E-state index contributed by atoms with van der Waals surface area (Å²) >= 11 is 4.40. The third-order valence-corrected chi connectivity index (χ3v) is 2.27. The molecule has 2 atom stereocenters. The quantitative estimate of drug-likeness (QED) is 0.485. The van der Waals surface area contributed by atoms with Crippen molar-refractivity contribution in [2.24, 2.45) is 5.92 Å². The van der Waals surface area contributed by atoms with Crippen LogP contribution in [0.15, 0.2) is 24.3 Å². The highest BCUT2D eigenvalue weighted by atomic mass is 32.1. The second kappa shape index (κ2) is 5.48. The Labute approximate surface area is 75.8 Å². The molecule has 11 heavy (non-hydrogen) atoms. The Hall–Kier alpha value is -0.170. The standard InChI is InChI=1S/C10H18S/c1-5-7-10(9(4)11)8(3)6-2/h5,7-9,11H,1,6H2,2-4H3/b10-7-. The van der Waals surface area contributed by atoms with Gasteiger partial charge < -0.3 is 0 Å². The van der Waals surface area contributed by atoms with E-state index in [4.69, 9.17) is 0 Å². The third kappa shape index (κ3) is 3.66. The van der Waals surface area contributed by atoms with Crippen LogP contribution in [0.4, 0.5) is 0 Å². The fraction of sp³-hybridized carbons (Fsp3) is 0.600. The van der Waals surface area contributed by atoms with Crippen LogP contribution >= 0.6 is 12.6 Å². The van der Waals surface area contributed by atoms with Crippen LogP contribution in [0.5, 0.6) is 0 Å². The van der Waals surface area contributed by atoms with Crippen LogP contribution < -0.4 is 0 Å². The Morgan fingerprint density at radius 2 is 2.09 bits per heavy atom. The Morgan fingerprint density at radius 1 is 1.55 bits per heavy atom. The number of hydrogen-bond acceptors (Lipinski definition) is 1. The molecule has 0 aromatic rings. The van der Waals surface area contributed by atoms with Crippen molar-refractivity contribution in [3.63, 3.8) is 0 Å². The van der Waals surface area contributed by atoms with Crippen LogP contribution in [0.25, 0.3) is 0 Å². The minimum absolute atomic E-state index is 0.350. The summed E-state index contributed by atoms with van der Waals surface area (Å²) in [7, 11) is 0. The maximum Gasteiger partial charge on any atom is 0.0203 e. The second-order valence-corrected chi connectivity index (χ2v) is 3.66. The zero-order valence-electron chi connectivity index (χ0n) is 7.67. The van der Waals surface area contributed by atoms with E-state index in [9.17, 15) is 0 Å². The van der Waals surface area contributed by atoms with Gasteiger partial charge in [-0.3, -0.25) is 0 Å². The van der Waals surface area contributed by atoms with Gasteiger partial charge in [0, 0.05) is 5.25 Å². The first kappa shape index (κ1) is 10.8. The van der Waals surface area contributed by atoms with E-state index < -0.39 is 0 Å². The zero-order valence-corrected chi connectivity index (χ0v) is 8.57. The van der Waals surface area contributed by atoms with E-state index in [-0.39, 0.29) is 0 Å². The van der Waals surface area contributed by atoms with Gasteiger partial charge in [0.15, 0.2) is 0 Å². The molecule has 0 aliphatic heterocycles. The normalized spacial score (nSPS) is 17.6. The molecule has 0 fully saturated rings. The summed E-state index contributed by atoms with van der Waals surface area (Å²) in [5.74, 6) is 0.625. The Balaban J connectivity index is 4.33. The molecule has 0 saturated heterocycles. The number of allylic oxidation sites excluding steroid dienone is 2. The summed E-state index contributed by atoms with van der Waals surface area (Å²) in [5.41, 5.74) is 1.38. The lowest BCUT2D eigenvalue weighted by Gasteiger charge is -2.16. The molecule has 1 heteroatoms. The molecule has 0 rings (SSSR count). The van der Waals surface area contributed by atoms with Crippen molar-refractivity contribution in [2.75, 3.05) is 0 Å². The van der Waals surface area contributed by atoms with Crippen LogP contribution in [-0.4, -0.2) is 5.25 Å². The van der Waals surface area contributed by atoms with Crippen molar-refractivity contribution in [1.82, 2.24) is 0 Å². The molecular formula is C10H18S. The predicted octanol–water partition coefficient (Wildman–Crippen LogP) is 3.46. The van der Waals surface area contributed by atoms with E-state index in [2.05, 4.69) is 46.1 Å². The van der Waals surface area contributed by atoms with E-state index in [1.165, 1.54) is 12.0 Å². The Bertz CT molecular complexity index is 145. The maximum absolute atomic E-state index is 4.40. The topological polar surface area (TPSA) is 0 Å². The molecule has 2 unspecified atom stereocenters. The fourth-order valence-electron chi connectivity index (χ4n) is 1.09. The molecular weight excluding hydrogens is 152 g/mol. The first-order chi connectivity index (χ1) is 5.13. The van der Waals surface area contributed by atoms with E-state index >= 15 is 0 Å². The van der Waals surface area contributed by atoms with Gasteiger partial charge in [-0.05, 0) is 19.3 Å². The largest absolute Gasteiger partial charge is 0.172 e. The van der Waals surface area contributed by atoms with Gasteiger partial charge in [-0.25, -0.2) is 0 Å². The van der Waals surface area contributed by atoms with E-state index in [0.29, 0.717) is 11.2 Å². The molecule has 0 aromatic heterocycles. The molecule has 0 spiro atoms. The molecule has 0 saturated carbocycles. The van der Waals surface area contributed by atoms with Gasteiger partial charge in [0.2, 0.25) is 0 Å². The van der Waals surface area contributed by atoms with Crippen molar-refractivity contribution in [3.8, 4) is 0 Å². The average molecular weight is 170 g/mol. The molecule has 0 radical (unpaired) electrons. The van der Waals surface area contributed by atoms with Crippen molar-refractivity contribution < 1.29 is 0 Å². The predicted molar refractivity (Wildman–Crippen MR) is 56.2 cm³/mol. The molecule has 0 amide bonds. The molecule has 0 bridgehead atoms. The van der Waals surface area contributed by atoms with Gasteiger partial charge in [-0.15, -0.1) is 0 Å². The highest BCUT2D eigenvalue weighted by molar-refractivity contribution is 7.81. The SMILES string of the molecule is C=C/C=C(\C(C)S)C(C)CC. The Kier molecular flexibility index (Phi) is 5.39. The third-order valence-electron chi connectivity index (χ3n) is 1.97. The highest BCUT2D eigenvalue weighted by Crippen LogP contribution is 2.21. The smallest absolute Gasteiger partial charge is 0.0203 e. The van der Waals surface area contributed by atoms with E-state index in [0.717, 1.165) is 0 Å². The highest BCUT2D eigenvalue weighted by Gasteiger charge is 2.09. The summed E-state index contributed by atoms with van der Waals surface area (Å²) < 4.78 is 0. The number of hydrogen-bond donors (Lipinski definition) is 1. The first-order valence-corrected chi connectivity index (χ1v) is 4.65. The molecule has 0 aliphatic rings. The number of thiol groups is 1. The molecule has 0 heterocycles. The van der Waals surface area contributed by atoms with Gasteiger partial charge in [0.25, 0.3) is 0 Å². The fourth-order valence-corrected chi connectivity index (χ4v) is 1.43. The van der Waals surface area contributed by atoms with Gasteiger partial charge in [-0.1, -0.05) is 38.2 Å². The van der Waals surface area contributed by atoms with Crippen molar-refractivity contribution in [2.45, 2.75) is 32.4 Å². The lowest BCUT2D eigenvalue weighted by Crippen LogP contribution is -2.06. The van der Waals surface area contributed by atoms with Crippen molar-refractivity contribution in [1.29, 1.82) is 0 Å². The average Bonchev–Trinajstić information content (AvgIpc) is 1.98. The molecule has 64 valence electrons. The molecule has 0 nitrogen and oxygen atoms in total. The minimum atomic E-state index is 0.350. The summed E-state index contributed by atoms with van der Waals surface area (Å²) in [4.78, 5) is 0. The van der Waals surface area contributed by atoms with Crippen LogP contribution in [0, 0.1) is 5.92 Å². The number of rotatable bonds is 4. The minimum Gasteiger partial charge on any atom is -0.172 e. The van der Waals surface area contributed by atoms with Crippen LogP contribution in [0.3, 0.4) is 0 Å². The van der Waals surface area contributed by atoms with Gasteiger partial charge in [-0.2, -0.15) is 12.6 Å². The van der Waals surface area contributed by atoms with Gasteiger partial charge in [0.1, 0.15) is 0 Å². The lowest BCUT2D eigenvalue weighted by molar-refractivity contribution is 0.638. The summed E-state index contributed by atoms with van der Waals surface area (Å²) in [6.07, 6.45) is 5.09. The summed E-state index contributed by atoms with van der Waals surface area (Å²) in [6.45, 7) is 10.2. The van der Waals surface area contributed by atoms with Crippen molar-refractivity contribution >= 4 is 12.6 Å².